The van der Waals surface area contributed by atoms with Gasteiger partial charge in [-0.2, -0.15) is 0 Å². The zero-order chi connectivity index (χ0) is 11.3. The van der Waals surface area contributed by atoms with E-state index in [1.165, 1.54) is 12.8 Å². The third-order valence-electron chi connectivity index (χ3n) is 2.77. The Morgan fingerprint density at radius 3 is 2.80 bits per heavy atom. The predicted molar refractivity (Wildman–Crippen MR) is 59.1 cm³/mol. The molecule has 0 saturated heterocycles. The molecule has 0 amide bonds. The second-order valence-electron chi connectivity index (χ2n) is 4.11. The normalized spacial score (nSPS) is 19.5. The lowest BCUT2D eigenvalue weighted by atomic mass is 10.2. The summed E-state index contributed by atoms with van der Waals surface area (Å²) in [6.45, 7) is 3.75. The average molecular weight is 215 g/mol. The summed E-state index contributed by atoms with van der Waals surface area (Å²) in [5, 5.41) is 11.5. The highest BCUT2D eigenvalue weighted by atomic mass is 16.5. The number of amidine groups is 1. The molecule has 88 valence electrons. The van der Waals surface area contributed by atoms with Crippen LogP contribution in [0.5, 0.6) is 0 Å². The van der Waals surface area contributed by atoms with Crippen molar-refractivity contribution in [1.82, 2.24) is 4.90 Å². The van der Waals surface area contributed by atoms with Crippen molar-refractivity contribution in [1.29, 1.82) is 0 Å². The van der Waals surface area contributed by atoms with Gasteiger partial charge in [0.25, 0.3) is 0 Å². The van der Waals surface area contributed by atoms with E-state index in [4.69, 9.17) is 15.7 Å². The zero-order valence-electron chi connectivity index (χ0n) is 9.52. The summed E-state index contributed by atoms with van der Waals surface area (Å²) in [6.07, 6.45) is 3.12. The van der Waals surface area contributed by atoms with E-state index in [0.29, 0.717) is 24.3 Å². The van der Waals surface area contributed by atoms with Crippen molar-refractivity contribution in [2.24, 2.45) is 10.9 Å². The lowest BCUT2D eigenvalue weighted by Crippen LogP contribution is -2.39. The van der Waals surface area contributed by atoms with Crippen LogP contribution in [0.4, 0.5) is 0 Å². The van der Waals surface area contributed by atoms with E-state index < -0.39 is 0 Å². The van der Waals surface area contributed by atoms with E-state index in [2.05, 4.69) is 17.0 Å². The fourth-order valence-corrected chi connectivity index (χ4v) is 1.83. The Morgan fingerprint density at radius 1 is 1.67 bits per heavy atom. The summed E-state index contributed by atoms with van der Waals surface area (Å²) < 4.78 is 5.08. The number of hydrogen-bond acceptors (Lipinski definition) is 4. The van der Waals surface area contributed by atoms with Gasteiger partial charge in [-0.25, -0.2) is 0 Å². The minimum Gasteiger partial charge on any atom is -0.409 e. The number of nitrogens with zero attached hydrogens (tertiary/aromatic N) is 2. The smallest absolute Gasteiger partial charge is 0.140 e. The Kier molecular flexibility index (Phi) is 4.84. The molecule has 0 aromatic rings. The molecule has 0 bridgehead atoms. The molecule has 5 nitrogen and oxygen atoms in total. The fourth-order valence-electron chi connectivity index (χ4n) is 1.83. The maximum absolute atomic E-state index is 8.52. The SMILES string of the molecule is COCCN(C(C)C/C(N)=N/O)C1CC1. The summed E-state index contributed by atoms with van der Waals surface area (Å²) in [6, 6.07) is 0.977. The van der Waals surface area contributed by atoms with Crippen molar-refractivity contribution in [2.45, 2.75) is 38.3 Å². The Bertz CT molecular complexity index is 217. The summed E-state index contributed by atoms with van der Waals surface area (Å²) in [5.74, 6) is 0.297. The van der Waals surface area contributed by atoms with Crippen molar-refractivity contribution in [3.8, 4) is 0 Å². The maximum atomic E-state index is 8.52. The van der Waals surface area contributed by atoms with Crippen LogP contribution in [0.3, 0.4) is 0 Å². The van der Waals surface area contributed by atoms with Crippen molar-refractivity contribution in [2.75, 3.05) is 20.3 Å². The van der Waals surface area contributed by atoms with Crippen LogP contribution in [0.15, 0.2) is 5.16 Å². The molecule has 1 aliphatic rings. The molecule has 1 rings (SSSR count). The van der Waals surface area contributed by atoms with Crippen LogP contribution in [0.2, 0.25) is 0 Å². The van der Waals surface area contributed by atoms with E-state index in [1.54, 1.807) is 7.11 Å². The number of rotatable bonds is 7. The molecule has 0 heterocycles. The maximum Gasteiger partial charge on any atom is 0.140 e. The second kappa shape index (κ2) is 5.92. The third kappa shape index (κ3) is 4.05. The van der Waals surface area contributed by atoms with Gasteiger partial charge in [0.15, 0.2) is 0 Å². The third-order valence-corrected chi connectivity index (χ3v) is 2.77. The Labute approximate surface area is 90.9 Å². The molecule has 1 aliphatic carbocycles. The van der Waals surface area contributed by atoms with E-state index in [-0.39, 0.29) is 0 Å². The first kappa shape index (κ1) is 12.3. The second-order valence-corrected chi connectivity index (χ2v) is 4.11. The molecule has 1 unspecified atom stereocenters. The van der Waals surface area contributed by atoms with Crippen LogP contribution in [-0.4, -0.2) is 48.3 Å². The lowest BCUT2D eigenvalue weighted by Gasteiger charge is -2.28. The number of hydrogen-bond donors (Lipinski definition) is 2. The summed E-state index contributed by atoms with van der Waals surface area (Å²) in [5.41, 5.74) is 5.50. The van der Waals surface area contributed by atoms with Gasteiger partial charge in [0.2, 0.25) is 0 Å². The van der Waals surface area contributed by atoms with Crippen molar-refractivity contribution < 1.29 is 9.94 Å². The van der Waals surface area contributed by atoms with Crippen molar-refractivity contribution in [3.05, 3.63) is 0 Å². The van der Waals surface area contributed by atoms with Gasteiger partial charge in [-0.05, 0) is 19.8 Å². The van der Waals surface area contributed by atoms with Crippen LogP contribution in [0, 0.1) is 0 Å². The molecule has 1 saturated carbocycles. The number of oxime groups is 1. The molecule has 15 heavy (non-hydrogen) atoms. The van der Waals surface area contributed by atoms with Gasteiger partial charge in [-0.3, -0.25) is 4.90 Å². The fraction of sp³-hybridized carbons (Fsp3) is 0.900. The first-order chi connectivity index (χ1) is 7.19. The van der Waals surface area contributed by atoms with Gasteiger partial charge >= 0.3 is 0 Å². The van der Waals surface area contributed by atoms with Crippen LogP contribution in [-0.2, 0) is 4.74 Å². The molecule has 0 spiro atoms. The largest absolute Gasteiger partial charge is 0.409 e. The van der Waals surface area contributed by atoms with E-state index in [1.807, 2.05) is 0 Å². The average Bonchev–Trinajstić information content (AvgIpc) is 3.02. The molecule has 1 fully saturated rings. The van der Waals surface area contributed by atoms with E-state index >= 15 is 0 Å². The summed E-state index contributed by atoms with van der Waals surface area (Å²) in [7, 11) is 1.71. The highest BCUT2D eigenvalue weighted by Crippen LogP contribution is 2.29. The minimum absolute atomic E-state index is 0.297. The minimum atomic E-state index is 0.297. The molecular formula is C10H21N3O2. The number of nitrogens with two attached hydrogens (primary N) is 1. The van der Waals surface area contributed by atoms with Crippen molar-refractivity contribution >= 4 is 5.84 Å². The molecule has 0 aromatic carbocycles. The Balaban J connectivity index is 2.39. The quantitative estimate of drug-likeness (QED) is 0.283. The summed E-state index contributed by atoms with van der Waals surface area (Å²) >= 11 is 0. The van der Waals surface area contributed by atoms with E-state index in [9.17, 15) is 0 Å². The molecule has 0 radical (unpaired) electrons. The van der Waals surface area contributed by atoms with Gasteiger partial charge in [-0.1, -0.05) is 5.16 Å². The Hall–Kier alpha value is -0.810. The predicted octanol–water partition coefficient (Wildman–Crippen LogP) is 0.622. The first-order valence-corrected chi connectivity index (χ1v) is 5.40. The van der Waals surface area contributed by atoms with Crippen LogP contribution in [0.25, 0.3) is 0 Å². The van der Waals surface area contributed by atoms with Gasteiger partial charge in [0.1, 0.15) is 5.84 Å². The van der Waals surface area contributed by atoms with Crippen LogP contribution < -0.4 is 5.73 Å². The van der Waals surface area contributed by atoms with Crippen LogP contribution in [0.1, 0.15) is 26.2 Å². The molecule has 1 atom stereocenters. The standard InChI is InChI=1S/C10H21N3O2/c1-8(7-10(11)12-14)13(5-6-15-2)9-3-4-9/h8-9,14H,3-7H2,1-2H3,(H2,11,12). The molecule has 0 aliphatic heterocycles. The molecule has 5 heteroatoms. The van der Waals surface area contributed by atoms with Crippen molar-refractivity contribution in [3.63, 3.8) is 0 Å². The number of ether oxygens (including phenoxy) is 1. The van der Waals surface area contributed by atoms with Gasteiger partial charge in [0.05, 0.1) is 6.61 Å². The zero-order valence-corrected chi connectivity index (χ0v) is 9.52. The monoisotopic (exact) mass is 215 g/mol. The highest BCUT2D eigenvalue weighted by molar-refractivity contribution is 5.80. The molecular weight excluding hydrogens is 194 g/mol. The van der Waals surface area contributed by atoms with Gasteiger partial charge in [-0.15, -0.1) is 0 Å². The van der Waals surface area contributed by atoms with Crippen LogP contribution >= 0.6 is 0 Å². The van der Waals surface area contributed by atoms with Gasteiger partial charge < -0.3 is 15.7 Å². The topological polar surface area (TPSA) is 71.1 Å². The first-order valence-electron chi connectivity index (χ1n) is 5.40. The molecule has 3 N–H and O–H groups in total. The number of methoxy groups -OCH3 is 1. The molecule has 0 aromatic heterocycles. The van der Waals surface area contributed by atoms with Gasteiger partial charge in [0, 0.05) is 32.2 Å². The Morgan fingerprint density at radius 2 is 2.33 bits per heavy atom. The van der Waals surface area contributed by atoms with E-state index in [0.717, 1.165) is 13.2 Å². The highest BCUT2D eigenvalue weighted by Gasteiger charge is 2.31. The lowest BCUT2D eigenvalue weighted by molar-refractivity contribution is 0.120. The summed E-state index contributed by atoms with van der Waals surface area (Å²) in [4.78, 5) is 2.38.